The molecule has 0 radical (unpaired) electrons. The van der Waals surface area contributed by atoms with E-state index in [4.69, 9.17) is 10.00 Å². The molecular formula is C14H16N2O3. The molecule has 1 rings (SSSR count). The van der Waals surface area contributed by atoms with Crippen LogP contribution in [-0.2, 0) is 14.3 Å². The Hall–Kier alpha value is -2.35. The van der Waals surface area contributed by atoms with E-state index in [-0.39, 0.29) is 6.42 Å². The summed E-state index contributed by atoms with van der Waals surface area (Å²) in [6.07, 6.45) is 0.0717. The number of nitriles is 1. The van der Waals surface area contributed by atoms with Gasteiger partial charge in [-0.1, -0.05) is 19.1 Å². The number of carbonyl (C=O) groups excluding carboxylic acids is 2. The fourth-order valence-electron chi connectivity index (χ4n) is 1.44. The molecule has 0 aromatic heterocycles. The zero-order valence-corrected chi connectivity index (χ0v) is 11.0. The number of esters is 1. The summed E-state index contributed by atoms with van der Waals surface area (Å²) < 4.78 is 4.96. The molecule has 0 unspecified atom stereocenters. The van der Waals surface area contributed by atoms with E-state index in [0.29, 0.717) is 17.7 Å². The second-order valence-corrected chi connectivity index (χ2v) is 4.03. The lowest BCUT2D eigenvalue weighted by Gasteiger charge is -2.13. The van der Waals surface area contributed by atoms with Gasteiger partial charge in [0, 0.05) is 6.42 Å². The lowest BCUT2D eigenvalue weighted by Crippen LogP contribution is -2.30. The summed E-state index contributed by atoms with van der Waals surface area (Å²) in [5, 5.41) is 11.5. The Balaban J connectivity index is 2.64. The number of nitrogens with one attached hydrogen (secondary N) is 1. The van der Waals surface area contributed by atoms with Crippen molar-refractivity contribution in [3.05, 3.63) is 29.8 Å². The normalized spacial score (nSPS) is 11.2. The number of carbonyl (C=O) groups is 2. The van der Waals surface area contributed by atoms with E-state index in [9.17, 15) is 9.59 Å². The maximum Gasteiger partial charge on any atom is 0.306 e. The molecule has 0 heterocycles. The van der Waals surface area contributed by atoms with Gasteiger partial charge in [0.25, 0.3) is 5.91 Å². The van der Waals surface area contributed by atoms with Gasteiger partial charge in [0.05, 0.1) is 11.3 Å². The van der Waals surface area contributed by atoms with E-state index in [0.717, 1.165) is 0 Å². The molecule has 0 spiro atoms. The number of nitrogens with zero attached hydrogens (tertiary/aromatic N) is 1. The number of benzene rings is 1. The Labute approximate surface area is 112 Å². The SMILES string of the molecule is CCCC(=O)O[C@H](C)C(=O)Nc1ccccc1C#N. The molecule has 5 heteroatoms. The second-order valence-electron chi connectivity index (χ2n) is 4.03. The highest BCUT2D eigenvalue weighted by molar-refractivity contribution is 5.96. The zero-order valence-electron chi connectivity index (χ0n) is 11.0. The van der Waals surface area contributed by atoms with Crippen molar-refractivity contribution in [2.24, 2.45) is 0 Å². The van der Waals surface area contributed by atoms with Crippen molar-refractivity contribution in [1.82, 2.24) is 0 Å². The van der Waals surface area contributed by atoms with Gasteiger partial charge in [0.2, 0.25) is 0 Å². The molecule has 1 aromatic carbocycles. The molecule has 0 aliphatic rings. The molecule has 100 valence electrons. The van der Waals surface area contributed by atoms with Crippen molar-refractivity contribution < 1.29 is 14.3 Å². The third-order valence-electron chi connectivity index (χ3n) is 2.44. The molecule has 5 nitrogen and oxygen atoms in total. The monoisotopic (exact) mass is 260 g/mol. The Kier molecular flexibility index (Phi) is 5.55. The quantitative estimate of drug-likeness (QED) is 0.823. The summed E-state index contributed by atoms with van der Waals surface area (Å²) in [6, 6.07) is 8.62. The summed E-state index contributed by atoms with van der Waals surface area (Å²) in [5.74, 6) is -0.856. The third kappa shape index (κ3) is 4.43. The van der Waals surface area contributed by atoms with E-state index >= 15 is 0 Å². The number of amides is 1. The lowest BCUT2D eigenvalue weighted by molar-refractivity contribution is -0.153. The van der Waals surface area contributed by atoms with Crippen molar-refractivity contribution in [1.29, 1.82) is 5.26 Å². The lowest BCUT2D eigenvalue weighted by atomic mass is 10.2. The summed E-state index contributed by atoms with van der Waals surface area (Å²) >= 11 is 0. The minimum Gasteiger partial charge on any atom is -0.453 e. The van der Waals surface area contributed by atoms with Gasteiger partial charge in [-0.15, -0.1) is 0 Å². The topological polar surface area (TPSA) is 79.2 Å². The van der Waals surface area contributed by atoms with Crippen LogP contribution in [0.25, 0.3) is 0 Å². The Bertz CT molecular complexity index is 506. The van der Waals surface area contributed by atoms with Crippen molar-refractivity contribution >= 4 is 17.6 Å². The Morgan fingerprint density at radius 2 is 2.11 bits per heavy atom. The molecule has 1 N–H and O–H groups in total. The van der Waals surface area contributed by atoms with Crippen LogP contribution in [-0.4, -0.2) is 18.0 Å². The van der Waals surface area contributed by atoms with E-state index in [1.54, 1.807) is 24.3 Å². The van der Waals surface area contributed by atoms with Gasteiger partial charge < -0.3 is 10.1 Å². The van der Waals surface area contributed by atoms with Crippen LogP contribution in [0.1, 0.15) is 32.3 Å². The van der Waals surface area contributed by atoms with Crippen LogP contribution in [0.5, 0.6) is 0 Å². The maximum absolute atomic E-state index is 11.8. The largest absolute Gasteiger partial charge is 0.453 e. The summed E-state index contributed by atoms with van der Waals surface area (Å²) in [7, 11) is 0. The number of hydrogen-bond donors (Lipinski definition) is 1. The molecule has 0 saturated carbocycles. The molecule has 1 amide bonds. The van der Waals surface area contributed by atoms with Crippen molar-refractivity contribution in [2.75, 3.05) is 5.32 Å². The summed E-state index contributed by atoms with van der Waals surface area (Å²) in [5.41, 5.74) is 0.774. The predicted molar refractivity (Wildman–Crippen MR) is 70.2 cm³/mol. The molecule has 0 bridgehead atoms. The van der Waals surface area contributed by atoms with Crippen LogP contribution < -0.4 is 5.32 Å². The average molecular weight is 260 g/mol. The van der Waals surface area contributed by atoms with Gasteiger partial charge in [0.1, 0.15) is 6.07 Å². The average Bonchev–Trinajstić information content (AvgIpc) is 2.39. The van der Waals surface area contributed by atoms with Crippen LogP contribution in [0.4, 0.5) is 5.69 Å². The predicted octanol–water partition coefficient (Wildman–Crippen LogP) is 2.23. The standard InChI is InChI=1S/C14H16N2O3/c1-3-6-13(17)19-10(2)14(18)16-12-8-5-4-7-11(12)9-15/h4-5,7-8,10H,3,6H2,1-2H3,(H,16,18)/t10-/m1/s1. The fourth-order valence-corrected chi connectivity index (χ4v) is 1.44. The molecule has 0 fully saturated rings. The molecule has 0 aliphatic heterocycles. The van der Waals surface area contributed by atoms with E-state index in [2.05, 4.69) is 5.32 Å². The third-order valence-corrected chi connectivity index (χ3v) is 2.44. The summed E-state index contributed by atoms with van der Waals surface area (Å²) in [6.45, 7) is 3.35. The van der Waals surface area contributed by atoms with Crippen molar-refractivity contribution in [3.63, 3.8) is 0 Å². The molecular weight excluding hydrogens is 244 g/mol. The summed E-state index contributed by atoms with van der Waals surface area (Å²) in [4.78, 5) is 23.1. The Morgan fingerprint density at radius 1 is 1.42 bits per heavy atom. The number of rotatable bonds is 5. The smallest absolute Gasteiger partial charge is 0.306 e. The first-order valence-corrected chi connectivity index (χ1v) is 6.08. The molecule has 0 aliphatic carbocycles. The number of para-hydroxylation sites is 1. The Morgan fingerprint density at radius 3 is 2.74 bits per heavy atom. The minimum atomic E-state index is -0.884. The van der Waals surface area contributed by atoms with Crippen LogP contribution in [0.15, 0.2) is 24.3 Å². The van der Waals surface area contributed by atoms with Gasteiger partial charge in [-0.2, -0.15) is 5.26 Å². The van der Waals surface area contributed by atoms with E-state index in [1.165, 1.54) is 6.92 Å². The number of hydrogen-bond acceptors (Lipinski definition) is 4. The van der Waals surface area contributed by atoms with Crippen molar-refractivity contribution in [2.45, 2.75) is 32.8 Å². The highest BCUT2D eigenvalue weighted by Gasteiger charge is 2.18. The van der Waals surface area contributed by atoms with Gasteiger partial charge in [-0.3, -0.25) is 9.59 Å². The van der Waals surface area contributed by atoms with E-state index in [1.807, 2.05) is 13.0 Å². The van der Waals surface area contributed by atoms with Gasteiger partial charge in [-0.25, -0.2) is 0 Å². The van der Waals surface area contributed by atoms with Crippen molar-refractivity contribution in [3.8, 4) is 6.07 Å². The maximum atomic E-state index is 11.8. The van der Waals surface area contributed by atoms with E-state index < -0.39 is 18.0 Å². The highest BCUT2D eigenvalue weighted by atomic mass is 16.5. The van der Waals surface area contributed by atoms with Gasteiger partial charge in [-0.05, 0) is 25.5 Å². The fraction of sp³-hybridized carbons (Fsp3) is 0.357. The molecule has 0 saturated heterocycles. The zero-order chi connectivity index (χ0) is 14.3. The molecule has 19 heavy (non-hydrogen) atoms. The first-order valence-electron chi connectivity index (χ1n) is 6.08. The molecule has 1 atom stereocenters. The van der Waals surface area contributed by atoms with Gasteiger partial charge >= 0.3 is 5.97 Å². The van der Waals surface area contributed by atoms with Gasteiger partial charge in [0.15, 0.2) is 6.10 Å². The van der Waals surface area contributed by atoms with Crippen LogP contribution in [0.2, 0.25) is 0 Å². The minimum absolute atomic E-state index is 0.284. The first-order chi connectivity index (χ1) is 9.08. The van der Waals surface area contributed by atoms with Crippen LogP contribution >= 0.6 is 0 Å². The first kappa shape index (κ1) is 14.7. The number of anilines is 1. The second kappa shape index (κ2) is 7.17. The molecule has 1 aromatic rings. The van der Waals surface area contributed by atoms with Crippen LogP contribution in [0.3, 0.4) is 0 Å². The number of ether oxygens (including phenoxy) is 1. The highest BCUT2D eigenvalue weighted by Crippen LogP contribution is 2.14. The van der Waals surface area contributed by atoms with Crippen LogP contribution in [0, 0.1) is 11.3 Å².